The van der Waals surface area contributed by atoms with Gasteiger partial charge < -0.3 is 31.1 Å². The highest BCUT2D eigenvalue weighted by Gasteiger charge is 2.17. The molecule has 0 aliphatic carbocycles. The molecule has 24 heavy (non-hydrogen) atoms. The maximum atomic E-state index is 12.2. The molecule has 1 amide bonds. The molecule has 0 spiro atoms. The van der Waals surface area contributed by atoms with E-state index in [0.29, 0.717) is 6.54 Å². The van der Waals surface area contributed by atoms with Crippen molar-refractivity contribution in [3.63, 3.8) is 0 Å². The number of anilines is 1. The van der Waals surface area contributed by atoms with Crippen molar-refractivity contribution >= 4 is 11.6 Å². The van der Waals surface area contributed by atoms with E-state index < -0.39 is 23.1 Å². The Morgan fingerprint density at radius 3 is 2.50 bits per heavy atom. The minimum Gasteiger partial charge on any atom is -0.508 e. The van der Waals surface area contributed by atoms with Gasteiger partial charge in [0, 0.05) is 18.7 Å². The number of H-pyrrole nitrogens is 1. The normalized spacial score (nSPS) is 10.4. The Bertz CT molecular complexity index is 831. The Morgan fingerprint density at radius 1 is 1.17 bits per heavy atom. The van der Waals surface area contributed by atoms with Crippen molar-refractivity contribution in [1.29, 1.82) is 0 Å². The van der Waals surface area contributed by atoms with Crippen LogP contribution >= 0.6 is 0 Å². The number of pyridine rings is 1. The summed E-state index contributed by atoms with van der Waals surface area (Å²) in [5, 5.41) is 43.7. The fourth-order valence-corrected chi connectivity index (χ4v) is 2.11. The number of aromatic hydroxyl groups is 4. The number of hydrogen-bond donors (Lipinski definition) is 7. The molecule has 0 unspecified atom stereocenters. The highest BCUT2D eigenvalue weighted by molar-refractivity contribution is 5.99. The van der Waals surface area contributed by atoms with Crippen molar-refractivity contribution in [2.45, 2.75) is 13.5 Å². The third kappa shape index (κ3) is 3.51. The van der Waals surface area contributed by atoms with Crippen molar-refractivity contribution in [2.24, 2.45) is 0 Å². The second-order valence-electron chi connectivity index (χ2n) is 4.95. The van der Waals surface area contributed by atoms with Crippen LogP contribution in [0.2, 0.25) is 0 Å². The van der Waals surface area contributed by atoms with E-state index in [0.717, 1.165) is 12.1 Å². The van der Waals surface area contributed by atoms with Gasteiger partial charge in [0.15, 0.2) is 11.6 Å². The first-order chi connectivity index (χ1) is 11.3. The topological polar surface area (TPSA) is 155 Å². The quantitative estimate of drug-likeness (QED) is 0.311. The van der Waals surface area contributed by atoms with Crippen LogP contribution in [0.4, 0.5) is 5.69 Å². The molecule has 1 aromatic carbocycles. The summed E-state index contributed by atoms with van der Waals surface area (Å²) in [5.74, 6) is -2.32. The Balaban J connectivity index is 2.24. The summed E-state index contributed by atoms with van der Waals surface area (Å²) in [5.41, 5.74) is -0.928. The van der Waals surface area contributed by atoms with E-state index in [2.05, 4.69) is 15.6 Å². The molecule has 0 atom stereocenters. The molecule has 0 saturated carbocycles. The van der Waals surface area contributed by atoms with Gasteiger partial charge in [0.05, 0.1) is 23.4 Å². The molecule has 0 saturated heterocycles. The van der Waals surface area contributed by atoms with Crippen LogP contribution in [-0.4, -0.2) is 37.9 Å². The predicted molar refractivity (Wildman–Crippen MR) is 85.5 cm³/mol. The zero-order chi connectivity index (χ0) is 17.9. The lowest BCUT2D eigenvalue weighted by Gasteiger charge is -2.12. The van der Waals surface area contributed by atoms with E-state index in [4.69, 9.17) is 5.11 Å². The summed E-state index contributed by atoms with van der Waals surface area (Å²) >= 11 is 0. The monoisotopic (exact) mass is 335 g/mol. The number of benzene rings is 1. The summed E-state index contributed by atoms with van der Waals surface area (Å²) in [6.45, 7) is 1.91. The van der Waals surface area contributed by atoms with Gasteiger partial charge in [0.1, 0.15) is 11.5 Å². The van der Waals surface area contributed by atoms with E-state index in [1.165, 1.54) is 6.07 Å². The number of carbonyl (C=O) groups is 1. The van der Waals surface area contributed by atoms with E-state index in [1.54, 1.807) is 6.92 Å². The number of nitrogens with one attached hydrogen (secondary N) is 3. The first-order valence-electron chi connectivity index (χ1n) is 7.05. The number of aromatic amines is 1. The molecule has 0 aliphatic heterocycles. The lowest BCUT2D eigenvalue weighted by Crippen LogP contribution is -2.27. The predicted octanol–water partition coefficient (Wildman–Crippen LogP) is 0.559. The number of phenols is 2. The molecule has 9 nitrogen and oxygen atoms in total. The Kier molecular flexibility index (Phi) is 4.83. The molecule has 1 aromatic heterocycles. The standard InChI is InChI=1S/C15H17N3O6/c1-2-16-10-4-7(19)3-8(13(10)22)14(23)17-6-9-11(20)5-12(21)18-15(9)24/h3-5,16,19,22H,2,6H2,1H3,(H,17,23)(H3,18,20,21,24). The highest BCUT2D eigenvalue weighted by Crippen LogP contribution is 2.32. The second-order valence-corrected chi connectivity index (χ2v) is 4.95. The number of aromatic nitrogens is 1. The van der Waals surface area contributed by atoms with Gasteiger partial charge in [-0.05, 0) is 13.0 Å². The maximum absolute atomic E-state index is 12.2. The summed E-state index contributed by atoms with van der Waals surface area (Å²) in [7, 11) is 0. The van der Waals surface area contributed by atoms with E-state index in [9.17, 15) is 24.9 Å². The van der Waals surface area contributed by atoms with Crippen LogP contribution in [0.1, 0.15) is 22.8 Å². The number of hydrogen-bond acceptors (Lipinski definition) is 7. The molecule has 2 rings (SSSR count). The van der Waals surface area contributed by atoms with Gasteiger partial charge >= 0.3 is 0 Å². The van der Waals surface area contributed by atoms with Gasteiger partial charge in [-0.15, -0.1) is 0 Å². The Morgan fingerprint density at radius 2 is 1.88 bits per heavy atom. The van der Waals surface area contributed by atoms with Gasteiger partial charge in [-0.25, -0.2) is 0 Å². The SMILES string of the molecule is CCNc1cc(O)cc(C(=O)NCc2c(O)cc(O)[nH]c2=O)c1O. The van der Waals surface area contributed by atoms with Crippen LogP contribution in [0.15, 0.2) is 23.0 Å². The van der Waals surface area contributed by atoms with Crippen LogP contribution in [-0.2, 0) is 6.54 Å². The van der Waals surface area contributed by atoms with Crippen molar-refractivity contribution in [3.05, 3.63) is 39.7 Å². The Labute approximate surface area is 136 Å². The first kappa shape index (κ1) is 17.0. The van der Waals surface area contributed by atoms with E-state index >= 15 is 0 Å². The van der Waals surface area contributed by atoms with Crippen LogP contribution < -0.4 is 16.2 Å². The minimum absolute atomic E-state index is 0.160. The average molecular weight is 335 g/mol. The molecular weight excluding hydrogens is 318 g/mol. The molecule has 1 heterocycles. The van der Waals surface area contributed by atoms with Gasteiger partial charge in [0.2, 0.25) is 0 Å². The lowest BCUT2D eigenvalue weighted by atomic mass is 10.1. The van der Waals surface area contributed by atoms with Crippen LogP contribution in [0, 0.1) is 0 Å². The molecule has 2 aromatic rings. The van der Waals surface area contributed by atoms with Gasteiger partial charge in [0.25, 0.3) is 11.5 Å². The van der Waals surface area contributed by atoms with Crippen molar-refractivity contribution < 1.29 is 25.2 Å². The van der Waals surface area contributed by atoms with Crippen LogP contribution in [0.3, 0.4) is 0 Å². The molecule has 9 heteroatoms. The van der Waals surface area contributed by atoms with Crippen molar-refractivity contribution in [1.82, 2.24) is 10.3 Å². The molecule has 0 bridgehead atoms. The summed E-state index contributed by atoms with van der Waals surface area (Å²) in [6, 6.07) is 3.27. The molecule has 7 N–H and O–H groups in total. The number of rotatable bonds is 5. The average Bonchev–Trinajstić information content (AvgIpc) is 2.49. The molecule has 0 radical (unpaired) electrons. The molecule has 128 valence electrons. The zero-order valence-electron chi connectivity index (χ0n) is 12.8. The van der Waals surface area contributed by atoms with Gasteiger partial charge in [-0.2, -0.15) is 0 Å². The van der Waals surface area contributed by atoms with Gasteiger partial charge in [-0.3, -0.25) is 14.6 Å². The van der Waals surface area contributed by atoms with E-state index in [-0.39, 0.29) is 34.9 Å². The molecule has 0 aliphatic rings. The minimum atomic E-state index is -0.763. The number of carbonyl (C=O) groups excluding carboxylic acids is 1. The fourth-order valence-electron chi connectivity index (χ4n) is 2.11. The summed E-state index contributed by atoms with van der Waals surface area (Å²) in [4.78, 5) is 25.9. The third-order valence-corrected chi connectivity index (χ3v) is 3.23. The first-order valence-corrected chi connectivity index (χ1v) is 7.05. The smallest absolute Gasteiger partial charge is 0.259 e. The van der Waals surface area contributed by atoms with Crippen molar-refractivity contribution in [3.8, 4) is 23.1 Å². The zero-order valence-corrected chi connectivity index (χ0v) is 12.8. The second kappa shape index (κ2) is 6.82. The van der Waals surface area contributed by atoms with Crippen LogP contribution in [0.5, 0.6) is 23.1 Å². The Hall–Kier alpha value is -3.36. The lowest BCUT2D eigenvalue weighted by molar-refractivity contribution is 0.0947. The number of amides is 1. The number of phenolic OH excluding ortho intramolecular Hbond substituents is 2. The van der Waals surface area contributed by atoms with Crippen LogP contribution in [0.25, 0.3) is 0 Å². The third-order valence-electron chi connectivity index (χ3n) is 3.23. The molecular formula is C15H17N3O6. The van der Waals surface area contributed by atoms with Crippen molar-refractivity contribution in [2.75, 3.05) is 11.9 Å². The fraction of sp³-hybridized carbons (Fsp3) is 0.200. The van der Waals surface area contributed by atoms with E-state index in [1.807, 2.05) is 0 Å². The summed E-state index contributed by atoms with van der Waals surface area (Å²) in [6.07, 6.45) is 0. The summed E-state index contributed by atoms with van der Waals surface area (Å²) < 4.78 is 0. The largest absolute Gasteiger partial charge is 0.508 e. The molecule has 0 fully saturated rings. The maximum Gasteiger partial charge on any atom is 0.259 e. The highest BCUT2D eigenvalue weighted by atomic mass is 16.3. The van der Waals surface area contributed by atoms with Gasteiger partial charge in [-0.1, -0.05) is 0 Å².